The molecule has 0 aromatic carbocycles. The van der Waals surface area contributed by atoms with Gasteiger partial charge in [0.1, 0.15) is 6.04 Å². The van der Waals surface area contributed by atoms with Crippen molar-refractivity contribution in [2.45, 2.75) is 19.4 Å². The van der Waals surface area contributed by atoms with Crippen molar-refractivity contribution in [1.82, 2.24) is 19.8 Å². The fourth-order valence-electron chi connectivity index (χ4n) is 2.54. The van der Waals surface area contributed by atoms with Crippen LogP contribution in [0.15, 0.2) is 0 Å². The van der Waals surface area contributed by atoms with Gasteiger partial charge in [0.05, 0.1) is 12.3 Å². The number of hydrogen-bond acceptors (Lipinski definition) is 5. The number of nitrogens with zero attached hydrogens (tertiary/aromatic N) is 2. The van der Waals surface area contributed by atoms with Crippen LogP contribution in [-0.4, -0.2) is 80.5 Å². The lowest BCUT2D eigenvalue weighted by Crippen LogP contribution is -2.61. The molecule has 2 saturated heterocycles. The van der Waals surface area contributed by atoms with Crippen molar-refractivity contribution < 1.29 is 18.0 Å². The summed E-state index contributed by atoms with van der Waals surface area (Å²) in [6.45, 7) is 3.73. The Bertz CT molecular complexity index is 489. The Hall–Kier alpha value is -1.19. The summed E-state index contributed by atoms with van der Waals surface area (Å²) in [5.74, 6) is -0.0472. The molecule has 1 unspecified atom stereocenters. The van der Waals surface area contributed by atoms with Gasteiger partial charge in [-0.05, 0) is 6.42 Å². The predicted molar refractivity (Wildman–Crippen MR) is 77.0 cm³/mol. The number of piperazine rings is 2. The summed E-state index contributed by atoms with van der Waals surface area (Å²) in [6.07, 6.45) is 0.590. The van der Waals surface area contributed by atoms with Gasteiger partial charge in [-0.25, -0.2) is 8.42 Å². The van der Waals surface area contributed by atoms with E-state index in [1.54, 1.807) is 4.90 Å². The molecule has 2 rings (SSSR count). The molecule has 0 aromatic rings. The van der Waals surface area contributed by atoms with Gasteiger partial charge in [-0.3, -0.25) is 14.9 Å². The van der Waals surface area contributed by atoms with Crippen molar-refractivity contribution >= 4 is 21.8 Å². The van der Waals surface area contributed by atoms with Gasteiger partial charge in [0.15, 0.2) is 0 Å². The summed E-state index contributed by atoms with van der Waals surface area (Å²) < 4.78 is 25.4. The molecule has 9 heteroatoms. The van der Waals surface area contributed by atoms with Crippen molar-refractivity contribution in [3.05, 3.63) is 0 Å². The first-order valence-corrected chi connectivity index (χ1v) is 8.81. The van der Waals surface area contributed by atoms with Crippen LogP contribution in [0.3, 0.4) is 0 Å². The molecule has 0 saturated carbocycles. The number of nitrogens with one attached hydrogen (secondary N) is 2. The van der Waals surface area contributed by atoms with Crippen LogP contribution in [0.4, 0.5) is 0 Å². The topological polar surface area (TPSA) is 98.8 Å². The van der Waals surface area contributed by atoms with Gasteiger partial charge in [-0.2, -0.15) is 4.31 Å². The molecule has 21 heavy (non-hydrogen) atoms. The van der Waals surface area contributed by atoms with Crippen molar-refractivity contribution in [3.8, 4) is 0 Å². The zero-order valence-electron chi connectivity index (χ0n) is 12.2. The first kappa shape index (κ1) is 16.2. The maximum Gasteiger partial charge on any atom is 0.241 e. The molecule has 2 heterocycles. The molecular formula is C12H22N4O4S. The third-order valence-corrected chi connectivity index (χ3v) is 5.79. The van der Waals surface area contributed by atoms with Crippen LogP contribution in [0.5, 0.6) is 0 Å². The lowest BCUT2D eigenvalue weighted by molar-refractivity contribution is -0.136. The number of carbonyl (C=O) groups excluding carboxylic acids is 2. The van der Waals surface area contributed by atoms with Crippen molar-refractivity contribution in [2.75, 3.05) is 45.0 Å². The molecule has 0 spiro atoms. The molecule has 120 valence electrons. The highest BCUT2D eigenvalue weighted by molar-refractivity contribution is 7.89. The molecule has 8 nitrogen and oxygen atoms in total. The van der Waals surface area contributed by atoms with Crippen LogP contribution in [0, 0.1) is 0 Å². The Kier molecular flexibility index (Phi) is 5.17. The van der Waals surface area contributed by atoms with Gasteiger partial charge in [0.25, 0.3) is 0 Å². The van der Waals surface area contributed by atoms with E-state index in [0.29, 0.717) is 32.6 Å². The first-order valence-electron chi connectivity index (χ1n) is 7.20. The third-order valence-electron chi connectivity index (χ3n) is 3.72. The Morgan fingerprint density at radius 1 is 1.29 bits per heavy atom. The maximum absolute atomic E-state index is 12.3. The fourth-order valence-corrected chi connectivity index (χ4v) is 4.03. The summed E-state index contributed by atoms with van der Waals surface area (Å²) >= 11 is 0. The van der Waals surface area contributed by atoms with E-state index in [-0.39, 0.29) is 30.7 Å². The van der Waals surface area contributed by atoms with Crippen molar-refractivity contribution in [1.29, 1.82) is 0 Å². The van der Waals surface area contributed by atoms with Gasteiger partial charge in [-0.15, -0.1) is 0 Å². The van der Waals surface area contributed by atoms with Crippen molar-refractivity contribution in [2.24, 2.45) is 0 Å². The second-order valence-electron chi connectivity index (χ2n) is 5.28. The Morgan fingerprint density at radius 2 is 1.95 bits per heavy atom. The summed E-state index contributed by atoms with van der Waals surface area (Å²) in [4.78, 5) is 25.0. The van der Waals surface area contributed by atoms with Gasteiger partial charge in [-0.1, -0.05) is 6.92 Å². The lowest BCUT2D eigenvalue weighted by Gasteiger charge is -2.36. The predicted octanol–water partition coefficient (Wildman–Crippen LogP) is -2.04. The minimum Gasteiger partial charge on any atom is -0.353 e. The minimum absolute atomic E-state index is 0.0810. The van der Waals surface area contributed by atoms with Crippen LogP contribution in [-0.2, 0) is 19.6 Å². The zero-order valence-corrected chi connectivity index (χ0v) is 13.0. The third kappa shape index (κ3) is 3.92. The van der Waals surface area contributed by atoms with E-state index in [0.717, 1.165) is 0 Å². The van der Waals surface area contributed by atoms with Crippen LogP contribution in [0.2, 0.25) is 0 Å². The largest absolute Gasteiger partial charge is 0.353 e. The van der Waals surface area contributed by atoms with E-state index in [1.165, 1.54) is 4.31 Å². The van der Waals surface area contributed by atoms with E-state index < -0.39 is 16.1 Å². The average molecular weight is 318 g/mol. The van der Waals surface area contributed by atoms with E-state index in [9.17, 15) is 18.0 Å². The summed E-state index contributed by atoms with van der Waals surface area (Å²) in [5.41, 5.74) is 0. The molecule has 1 atom stereocenters. The number of sulfonamides is 1. The van der Waals surface area contributed by atoms with Crippen molar-refractivity contribution in [3.63, 3.8) is 0 Å². The molecule has 0 aromatic heterocycles. The summed E-state index contributed by atoms with van der Waals surface area (Å²) in [5, 5.41) is 5.54. The fraction of sp³-hybridized carbons (Fsp3) is 0.833. The second-order valence-corrected chi connectivity index (χ2v) is 7.37. The smallest absolute Gasteiger partial charge is 0.241 e. The number of carbonyl (C=O) groups is 2. The highest BCUT2D eigenvalue weighted by Crippen LogP contribution is 2.10. The van der Waals surface area contributed by atoms with Gasteiger partial charge < -0.3 is 10.2 Å². The van der Waals surface area contributed by atoms with Crippen LogP contribution in [0.25, 0.3) is 0 Å². The Morgan fingerprint density at radius 3 is 2.48 bits per heavy atom. The van der Waals surface area contributed by atoms with Crippen LogP contribution in [0.1, 0.15) is 13.3 Å². The molecule has 2 fully saturated rings. The molecule has 2 aliphatic rings. The molecule has 0 radical (unpaired) electrons. The molecule has 0 aliphatic carbocycles. The molecule has 0 bridgehead atoms. The van der Waals surface area contributed by atoms with E-state index in [4.69, 9.17) is 0 Å². The summed E-state index contributed by atoms with van der Waals surface area (Å²) in [6, 6.07) is -0.415. The minimum atomic E-state index is -3.19. The number of hydrogen-bond donors (Lipinski definition) is 2. The summed E-state index contributed by atoms with van der Waals surface area (Å²) in [7, 11) is -3.19. The molecule has 2 aliphatic heterocycles. The van der Waals surface area contributed by atoms with E-state index in [2.05, 4.69) is 10.6 Å². The SMILES string of the molecule is CCCS(=O)(=O)N1CCN(C(=O)C2CNC(=O)CN2)CC1. The quantitative estimate of drug-likeness (QED) is 0.622. The van der Waals surface area contributed by atoms with Gasteiger partial charge >= 0.3 is 0 Å². The van der Waals surface area contributed by atoms with E-state index in [1.807, 2.05) is 6.92 Å². The monoisotopic (exact) mass is 318 g/mol. The first-order chi connectivity index (χ1) is 9.94. The molecular weight excluding hydrogens is 296 g/mol. The molecule has 2 N–H and O–H groups in total. The molecule has 2 amide bonds. The average Bonchev–Trinajstić information content (AvgIpc) is 2.47. The zero-order chi connectivity index (χ0) is 15.5. The Labute approximate surface area is 124 Å². The Balaban J connectivity index is 1.86. The van der Waals surface area contributed by atoms with Gasteiger partial charge in [0.2, 0.25) is 21.8 Å². The highest BCUT2D eigenvalue weighted by Gasteiger charge is 2.32. The van der Waals surface area contributed by atoms with E-state index >= 15 is 0 Å². The highest BCUT2D eigenvalue weighted by atomic mass is 32.2. The van der Waals surface area contributed by atoms with Crippen LogP contribution >= 0.6 is 0 Å². The number of rotatable bonds is 4. The van der Waals surface area contributed by atoms with Crippen LogP contribution < -0.4 is 10.6 Å². The standard InChI is InChI=1S/C12H22N4O4S/c1-2-7-21(19,20)16-5-3-15(4-6-16)12(18)10-8-14-11(17)9-13-10/h10,13H,2-9H2,1H3,(H,14,17). The lowest BCUT2D eigenvalue weighted by atomic mass is 10.2. The van der Waals surface area contributed by atoms with Gasteiger partial charge in [0, 0.05) is 32.7 Å². The number of amides is 2. The second kappa shape index (κ2) is 6.71. The normalized spacial score (nSPS) is 24.7. The maximum atomic E-state index is 12.3.